The Morgan fingerprint density at radius 2 is 0.739 bits per heavy atom. The molecule has 0 unspecified atom stereocenters. The van der Waals surface area contributed by atoms with E-state index in [1.54, 1.807) is 0 Å². The van der Waals surface area contributed by atoms with E-state index in [1.165, 1.54) is 70.2 Å². The fourth-order valence-electron chi connectivity index (χ4n) is 10.2. The van der Waals surface area contributed by atoms with Crippen molar-refractivity contribution in [3.63, 3.8) is 0 Å². The molecule has 69 heavy (non-hydrogen) atoms. The van der Waals surface area contributed by atoms with Crippen LogP contribution in [0.3, 0.4) is 0 Å². The summed E-state index contributed by atoms with van der Waals surface area (Å²) >= 11 is 1.89. The van der Waals surface area contributed by atoms with Crippen molar-refractivity contribution in [3.05, 3.63) is 261 Å². The van der Waals surface area contributed by atoms with Gasteiger partial charge in [0.25, 0.3) is 0 Å². The van der Waals surface area contributed by atoms with Gasteiger partial charge in [0.15, 0.2) is 0 Å². The van der Waals surface area contributed by atoms with Crippen LogP contribution in [-0.4, -0.2) is 0 Å². The van der Waals surface area contributed by atoms with E-state index in [4.69, 9.17) is 4.42 Å². The van der Waals surface area contributed by atoms with Crippen LogP contribution in [-0.2, 0) is 0 Å². The molecule has 2 heterocycles. The second kappa shape index (κ2) is 17.2. The molecule has 0 atom stereocenters. The van der Waals surface area contributed by atoms with Crippen LogP contribution in [0.2, 0.25) is 0 Å². The Kier molecular flexibility index (Phi) is 10.1. The molecule has 3 heteroatoms. The highest BCUT2D eigenvalue weighted by molar-refractivity contribution is 7.27. The highest BCUT2D eigenvalue weighted by Crippen LogP contribution is 2.50. The van der Waals surface area contributed by atoms with Crippen molar-refractivity contribution in [2.75, 3.05) is 4.90 Å². The number of para-hydroxylation sites is 1. The fourth-order valence-corrected chi connectivity index (χ4v) is 11.6. The standard InChI is InChI=1S/C66H43NOS/c1-4-17-45(18-5-1)52-23-10-12-25-56(52)57-26-13-11-24-53(57)48-33-38-51(39-34-48)67(50-36-31-44(32-37-50)49-35-40-59-58-27-14-15-30-62(58)68-63(59)43-49)61-29-16-28-60-64-54(46-19-6-2-7-20-46)41-42-55(66(64)69-65(60)61)47-21-8-3-9-22-47/h1-43H. The Morgan fingerprint density at radius 3 is 1.38 bits per heavy atom. The summed E-state index contributed by atoms with van der Waals surface area (Å²) in [5, 5.41) is 4.79. The summed E-state index contributed by atoms with van der Waals surface area (Å²) in [6, 6.07) is 94.3. The van der Waals surface area contributed by atoms with Gasteiger partial charge in [-0.3, -0.25) is 0 Å². The summed E-state index contributed by atoms with van der Waals surface area (Å²) < 4.78 is 8.84. The molecule has 13 rings (SSSR count). The lowest BCUT2D eigenvalue weighted by molar-refractivity contribution is 0.669. The van der Waals surface area contributed by atoms with Gasteiger partial charge in [0.05, 0.1) is 10.4 Å². The van der Waals surface area contributed by atoms with E-state index >= 15 is 0 Å². The number of hydrogen-bond acceptors (Lipinski definition) is 3. The summed E-state index contributed by atoms with van der Waals surface area (Å²) in [7, 11) is 0. The van der Waals surface area contributed by atoms with E-state index in [1.807, 2.05) is 23.5 Å². The molecule has 324 valence electrons. The van der Waals surface area contributed by atoms with E-state index in [2.05, 4.69) is 254 Å². The molecule has 11 aromatic carbocycles. The first-order valence-corrected chi connectivity index (χ1v) is 24.3. The Hall–Kier alpha value is -8.76. The molecule has 0 aliphatic carbocycles. The summed E-state index contributed by atoms with van der Waals surface area (Å²) in [6.45, 7) is 0. The van der Waals surface area contributed by atoms with E-state index in [-0.39, 0.29) is 0 Å². The van der Waals surface area contributed by atoms with Crippen molar-refractivity contribution in [3.8, 4) is 66.8 Å². The monoisotopic (exact) mass is 897 g/mol. The van der Waals surface area contributed by atoms with Gasteiger partial charge in [-0.15, -0.1) is 11.3 Å². The van der Waals surface area contributed by atoms with Crippen LogP contribution in [0.5, 0.6) is 0 Å². The average Bonchev–Trinajstić information content (AvgIpc) is 4.01. The quantitative estimate of drug-likeness (QED) is 0.144. The lowest BCUT2D eigenvalue weighted by Gasteiger charge is -2.26. The van der Waals surface area contributed by atoms with Gasteiger partial charge in [-0.1, -0.05) is 212 Å². The van der Waals surface area contributed by atoms with Crippen molar-refractivity contribution in [2.45, 2.75) is 0 Å². The van der Waals surface area contributed by atoms with Crippen molar-refractivity contribution >= 4 is 70.5 Å². The van der Waals surface area contributed by atoms with Crippen LogP contribution >= 0.6 is 11.3 Å². The first-order valence-electron chi connectivity index (χ1n) is 23.5. The molecule has 0 amide bonds. The zero-order valence-corrected chi connectivity index (χ0v) is 38.4. The van der Waals surface area contributed by atoms with Crippen LogP contribution in [0, 0.1) is 0 Å². The summed E-state index contributed by atoms with van der Waals surface area (Å²) in [5.74, 6) is 0. The third-order valence-corrected chi connectivity index (χ3v) is 14.8. The first-order chi connectivity index (χ1) is 34.2. The number of nitrogens with zero attached hydrogens (tertiary/aromatic N) is 1. The molecule has 2 nitrogen and oxygen atoms in total. The van der Waals surface area contributed by atoms with Gasteiger partial charge in [-0.25, -0.2) is 0 Å². The van der Waals surface area contributed by atoms with Gasteiger partial charge in [0.1, 0.15) is 11.2 Å². The van der Waals surface area contributed by atoms with Crippen molar-refractivity contribution in [1.29, 1.82) is 0 Å². The van der Waals surface area contributed by atoms with E-state index in [0.29, 0.717) is 0 Å². The lowest BCUT2D eigenvalue weighted by atomic mass is 9.89. The number of hydrogen-bond donors (Lipinski definition) is 0. The minimum atomic E-state index is 0.894. The van der Waals surface area contributed by atoms with Crippen molar-refractivity contribution in [1.82, 2.24) is 0 Å². The topological polar surface area (TPSA) is 16.4 Å². The molecule has 0 aliphatic heterocycles. The molecule has 0 aliphatic rings. The highest BCUT2D eigenvalue weighted by atomic mass is 32.1. The average molecular weight is 898 g/mol. The number of rotatable bonds is 9. The molecule has 0 saturated carbocycles. The molecule has 2 aromatic heterocycles. The number of thiophene rings is 1. The summed E-state index contributed by atoms with van der Waals surface area (Å²) in [6.07, 6.45) is 0. The van der Waals surface area contributed by atoms with Crippen LogP contribution in [0.4, 0.5) is 17.1 Å². The van der Waals surface area contributed by atoms with Crippen LogP contribution in [0.15, 0.2) is 265 Å². The summed E-state index contributed by atoms with van der Waals surface area (Å²) in [4.78, 5) is 2.44. The van der Waals surface area contributed by atoms with Gasteiger partial charge in [-0.2, -0.15) is 0 Å². The third-order valence-electron chi connectivity index (χ3n) is 13.5. The van der Waals surface area contributed by atoms with E-state index < -0.39 is 0 Å². The van der Waals surface area contributed by atoms with Crippen LogP contribution < -0.4 is 4.90 Å². The van der Waals surface area contributed by atoms with Crippen molar-refractivity contribution in [2.24, 2.45) is 0 Å². The minimum Gasteiger partial charge on any atom is -0.456 e. The Bertz CT molecular complexity index is 3980. The van der Waals surface area contributed by atoms with E-state index in [0.717, 1.165) is 55.7 Å². The molecular formula is C66H43NOS. The minimum absolute atomic E-state index is 0.894. The van der Waals surface area contributed by atoms with Gasteiger partial charge in [0, 0.05) is 37.6 Å². The number of benzene rings is 11. The number of fused-ring (bicyclic) bond motifs is 6. The van der Waals surface area contributed by atoms with Gasteiger partial charge < -0.3 is 9.32 Å². The largest absolute Gasteiger partial charge is 0.456 e. The predicted molar refractivity (Wildman–Crippen MR) is 294 cm³/mol. The maximum absolute atomic E-state index is 6.32. The van der Waals surface area contributed by atoms with Gasteiger partial charge >= 0.3 is 0 Å². The lowest BCUT2D eigenvalue weighted by Crippen LogP contribution is -2.10. The summed E-state index contributed by atoms with van der Waals surface area (Å²) in [5.41, 5.74) is 19.4. The second-order valence-electron chi connectivity index (χ2n) is 17.5. The molecular weight excluding hydrogens is 855 g/mol. The smallest absolute Gasteiger partial charge is 0.136 e. The Balaban J connectivity index is 0.975. The zero-order chi connectivity index (χ0) is 45.7. The molecule has 0 saturated heterocycles. The van der Waals surface area contributed by atoms with E-state index in [9.17, 15) is 0 Å². The molecule has 0 bridgehead atoms. The maximum Gasteiger partial charge on any atom is 0.136 e. The highest BCUT2D eigenvalue weighted by Gasteiger charge is 2.22. The predicted octanol–water partition coefficient (Wildman–Crippen LogP) is 19.4. The molecule has 0 spiro atoms. The zero-order valence-electron chi connectivity index (χ0n) is 37.6. The normalized spacial score (nSPS) is 11.5. The number of furan rings is 1. The van der Waals surface area contributed by atoms with Crippen LogP contribution in [0.1, 0.15) is 0 Å². The SMILES string of the molecule is c1ccc(-c2ccccc2-c2ccccc2-c2ccc(N(c3ccc(-c4ccc5c(c4)oc4ccccc45)cc3)c3cccc4c3sc3c(-c5ccccc5)ccc(-c5ccccc5)c34)cc2)cc1. The Morgan fingerprint density at radius 1 is 0.275 bits per heavy atom. The molecule has 0 radical (unpaired) electrons. The molecule has 0 N–H and O–H groups in total. The molecule has 13 aromatic rings. The Labute approximate surface area is 405 Å². The maximum atomic E-state index is 6.32. The van der Waals surface area contributed by atoms with Crippen molar-refractivity contribution < 1.29 is 4.42 Å². The molecule has 0 fully saturated rings. The number of anilines is 3. The second-order valence-corrected chi connectivity index (χ2v) is 18.6. The van der Waals surface area contributed by atoms with Gasteiger partial charge in [-0.05, 0) is 115 Å². The fraction of sp³-hybridized carbons (Fsp3) is 0. The first kappa shape index (κ1) is 40.5. The van der Waals surface area contributed by atoms with Crippen LogP contribution in [0.25, 0.3) is 109 Å². The van der Waals surface area contributed by atoms with Gasteiger partial charge in [0.2, 0.25) is 0 Å². The third kappa shape index (κ3) is 7.20.